The maximum Gasteiger partial charge on any atom is 0.328 e. The van der Waals surface area contributed by atoms with E-state index in [9.17, 15) is 14.4 Å². The molecule has 2 aromatic rings. The predicted octanol–water partition coefficient (Wildman–Crippen LogP) is 3.26. The molecule has 2 amide bonds. The number of thioether (sulfide) groups is 1. The molecule has 1 atom stereocenters. The number of methoxy groups -OCH3 is 1. The molecule has 0 spiro atoms. The van der Waals surface area contributed by atoms with Gasteiger partial charge in [-0.25, -0.2) is 4.79 Å². The van der Waals surface area contributed by atoms with E-state index in [0.717, 1.165) is 39.7 Å². The Morgan fingerprint density at radius 1 is 1.32 bits per heavy atom. The molecule has 2 heterocycles. The molecule has 0 N–H and O–H groups in total. The van der Waals surface area contributed by atoms with E-state index in [2.05, 4.69) is 9.30 Å². The van der Waals surface area contributed by atoms with Gasteiger partial charge in [0.1, 0.15) is 6.04 Å². The molecule has 0 saturated carbocycles. The molecule has 1 saturated heterocycles. The number of ether oxygens (including phenoxy) is 1. The van der Waals surface area contributed by atoms with E-state index in [1.54, 1.807) is 6.08 Å². The number of carbonyl (C=O) groups excluding carboxylic acids is 3. The molecule has 3 rings (SSSR count). The smallest absolute Gasteiger partial charge is 0.328 e. The van der Waals surface area contributed by atoms with Crippen LogP contribution in [-0.2, 0) is 20.9 Å². The standard InChI is InChI=1S/C18H18N2O4S/c1-4-19-10-12(13-7-5-6-8-14(13)19)9-15-16(21)20(18(23)25-15)11(2)17(22)24-3/h5-11H,4H2,1-3H3/b15-9+/t11-/m1/s1. The van der Waals surface area contributed by atoms with E-state index in [4.69, 9.17) is 0 Å². The largest absolute Gasteiger partial charge is 0.467 e. The molecule has 1 aliphatic heterocycles. The van der Waals surface area contributed by atoms with Gasteiger partial charge in [-0.3, -0.25) is 14.5 Å². The lowest BCUT2D eigenvalue weighted by atomic mass is 10.1. The first kappa shape index (κ1) is 17.3. The number of imide groups is 1. The number of aryl methyl sites for hydroxylation is 1. The lowest BCUT2D eigenvalue weighted by molar-refractivity contribution is -0.148. The van der Waals surface area contributed by atoms with Crippen LogP contribution >= 0.6 is 11.8 Å². The quantitative estimate of drug-likeness (QED) is 0.620. The normalized spacial score (nSPS) is 17.6. The van der Waals surface area contributed by atoms with Crippen molar-refractivity contribution >= 4 is 45.9 Å². The minimum Gasteiger partial charge on any atom is -0.467 e. The van der Waals surface area contributed by atoms with E-state index in [0.29, 0.717) is 4.91 Å². The van der Waals surface area contributed by atoms with Gasteiger partial charge in [0, 0.05) is 29.2 Å². The highest BCUT2D eigenvalue weighted by atomic mass is 32.2. The Bertz CT molecular complexity index is 900. The Morgan fingerprint density at radius 2 is 2.04 bits per heavy atom. The lowest BCUT2D eigenvalue weighted by Crippen LogP contribution is -2.42. The van der Waals surface area contributed by atoms with Crippen molar-refractivity contribution < 1.29 is 19.1 Å². The molecule has 1 aromatic carbocycles. The summed E-state index contributed by atoms with van der Waals surface area (Å²) in [5.41, 5.74) is 1.94. The van der Waals surface area contributed by atoms with Crippen LogP contribution in [0.15, 0.2) is 35.4 Å². The van der Waals surface area contributed by atoms with Crippen LogP contribution in [0.2, 0.25) is 0 Å². The Hall–Kier alpha value is -2.54. The number of hydrogen-bond acceptors (Lipinski definition) is 5. The second-order valence-electron chi connectivity index (χ2n) is 5.64. The number of rotatable bonds is 4. The molecule has 0 aliphatic carbocycles. The van der Waals surface area contributed by atoms with Gasteiger partial charge >= 0.3 is 5.97 Å². The van der Waals surface area contributed by atoms with Crippen molar-refractivity contribution in [1.82, 2.24) is 9.47 Å². The van der Waals surface area contributed by atoms with Crippen LogP contribution in [0.3, 0.4) is 0 Å². The number of hydrogen-bond donors (Lipinski definition) is 0. The summed E-state index contributed by atoms with van der Waals surface area (Å²) in [7, 11) is 1.23. The van der Waals surface area contributed by atoms with Crippen molar-refractivity contribution in [2.24, 2.45) is 0 Å². The number of fused-ring (bicyclic) bond motifs is 1. The zero-order valence-corrected chi connectivity index (χ0v) is 15.0. The highest BCUT2D eigenvalue weighted by Gasteiger charge is 2.41. The van der Waals surface area contributed by atoms with Crippen LogP contribution in [0, 0.1) is 0 Å². The maximum absolute atomic E-state index is 12.6. The maximum atomic E-state index is 12.6. The number of amides is 2. The van der Waals surface area contributed by atoms with Crippen molar-refractivity contribution in [3.63, 3.8) is 0 Å². The molecular formula is C18H18N2O4S. The molecule has 1 aromatic heterocycles. The number of carbonyl (C=O) groups is 3. The van der Waals surface area contributed by atoms with E-state index >= 15 is 0 Å². The molecule has 7 heteroatoms. The van der Waals surface area contributed by atoms with E-state index < -0.39 is 23.2 Å². The molecule has 0 bridgehead atoms. The fourth-order valence-corrected chi connectivity index (χ4v) is 3.78. The average Bonchev–Trinajstić information content (AvgIpc) is 3.11. The summed E-state index contributed by atoms with van der Waals surface area (Å²) in [6, 6.07) is 6.95. The number of benzene rings is 1. The minimum absolute atomic E-state index is 0.305. The monoisotopic (exact) mass is 358 g/mol. The first-order valence-corrected chi connectivity index (χ1v) is 8.72. The summed E-state index contributed by atoms with van der Waals surface area (Å²) >= 11 is 0.840. The second-order valence-corrected chi connectivity index (χ2v) is 6.63. The highest BCUT2D eigenvalue weighted by molar-refractivity contribution is 8.18. The van der Waals surface area contributed by atoms with Gasteiger partial charge in [0.15, 0.2) is 0 Å². The van der Waals surface area contributed by atoms with Crippen LogP contribution < -0.4 is 0 Å². The van der Waals surface area contributed by atoms with E-state index in [1.165, 1.54) is 14.0 Å². The van der Waals surface area contributed by atoms with Gasteiger partial charge < -0.3 is 9.30 Å². The zero-order chi connectivity index (χ0) is 18.1. The van der Waals surface area contributed by atoms with E-state index in [1.807, 2.05) is 37.4 Å². The third-order valence-electron chi connectivity index (χ3n) is 4.20. The van der Waals surface area contributed by atoms with Crippen molar-refractivity contribution in [2.75, 3.05) is 7.11 Å². The Morgan fingerprint density at radius 3 is 2.72 bits per heavy atom. The van der Waals surface area contributed by atoms with Crippen LogP contribution in [0.1, 0.15) is 19.4 Å². The Labute approximate surface area is 149 Å². The number of aromatic nitrogens is 1. The third kappa shape index (κ3) is 2.95. The molecule has 6 nitrogen and oxygen atoms in total. The molecule has 0 radical (unpaired) electrons. The first-order chi connectivity index (χ1) is 12.0. The summed E-state index contributed by atoms with van der Waals surface area (Å²) in [6.07, 6.45) is 3.67. The van der Waals surface area contributed by atoms with Gasteiger partial charge in [0.25, 0.3) is 11.1 Å². The third-order valence-corrected chi connectivity index (χ3v) is 5.08. The summed E-state index contributed by atoms with van der Waals surface area (Å²) < 4.78 is 6.72. The summed E-state index contributed by atoms with van der Waals surface area (Å²) in [6.45, 7) is 4.32. The topological polar surface area (TPSA) is 68.6 Å². The van der Waals surface area contributed by atoms with Crippen molar-refractivity contribution in [1.29, 1.82) is 0 Å². The number of nitrogens with zero attached hydrogens (tertiary/aromatic N) is 2. The SMILES string of the molecule is CCn1cc(/C=C2/SC(=O)N([C@H](C)C(=O)OC)C2=O)c2ccccc21. The fraction of sp³-hybridized carbons (Fsp3) is 0.278. The molecule has 25 heavy (non-hydrogen) atoms. The number of para-hydroxylation sites is 1. The Balaban J connectivity index is 1.99. The first-order valence-electron chi connectivity index (χ1n) is 7.90. The minimum atomic E-state index is -0.944. The summed E-state index contributed by atoms with van der Waals surface area (Å²) in [4.78, 5) is 37.7. The molecule has 1 aliphatic rings. The van der Waals surface area contributed by atoms with Crippen molar-refractivity contribution in [2.45, 2.75) is 26.4 Å². The second kappa shape index (κ2) is 6.76. The summed E-state index contributed by atoms with van der Waals surface area (Å²) in [5, 5.41) is 0.547. The Kier molecular flexibility index (Phi) is 4.67. The predicted molar refractivity (Wildman–Crippen MR) is 96.9 cm³/mol. The van der Waals surface area contributed by atoms with Crippen molar-refractivity contribution in [3.05, 3.63) is 40.9 Å². The average molecular weight is 358 g/mol. The highest BCUT2D eigenvalue weighted by Crippen LogP contribution is 2.35. The molecule has 130 valence electrons. The van der Waals surface area contributed by atoms with Crippen molar-refractivity contribution in [3.8, 4) is 0 Å². The van der Waals surface area contributed by atoms with Gasteiger partial charge in [-0.2, -0.15) is 0 Å². The van der Waals surface area contributed by atoms with Gasteiger partial charge in [-0.15, -0.1) is 0 Å². The van der Waals surface area contributed by atoms with Crippen LogP contribution in [0.5, 0.6) is 0 Å². The molecule has 0 unspecified atom stereocenters. The molecule has 1 fully saturated rings. The summed E-state index contributed by atoms with van der Waals surface area (Å²) in [5.74, 6) is -1.09. The lowest BCUT2D eigenvalue weighted by Gasteiger charge is -2.18. The van der Waals surface area contributed by atoms with Crippen LogP contribution in [-0.4, -0.2) is 39.7 Å². The van der Waals surface area contributed by atoms with Gasteiger partial charge in [-0.1, -0.05) is 18.2 Å². The van der Waals surface area contributed by atoms with Gasteiger partial charge in [0.2, 0.25) is 0 Å². The molecular weight excluding hydrogens is 340 g/mol. The van der Waals surface area contributed by atoms with Gasteiger partial charge in [0.05, 0.1) is 12.0 Å². The fourth-order valence-electron chi connectivity index (χ4n) is 2.88. The number of esters is 1. The van der Waals surface area contributed by atoms with Crippen LogP contribution in [0.4, 0.5) is 4.79 Å². The van der Waals surface area contributed by atoms with E-state index in [-0.39, 0.29) is 0 Å². The van der Waals surface area contributed by atoms with Crippen LogP contribution in [0.25, 0.3) is 17.0 Å². The zero-order valence-electron chi connectivity index (χ0n) is 14.2. The van der Waals surface area contributed by atoms with Gasteiger partial charge in [-0.05, 0) is 37.8 Å².